The zero-order valence-corrected chi connectivity index (χ0v) is 45.5. The summed E-state index contributed by atoms with van der Waals surface area (Å²) in [5.41, 5.74) is 1.66. The number of hydrogen-bond acceptors (Lipinski definition) is 15. The summed E-state index contributed by atoms with van der Waals surface area (Å²) in [5, 5.41) is 58.8. The predicted molar refractivity (Wildman–Crippen MR) is 285 cm³/mol. The molecule has 0 atom stereocenters. The van der Waals surface area contributed by atoms with Gasteiger partial charge in [0.25, 0.3) is 26.1 Å². The molecule has 0 spiro atoms. The van der Waals surface area contributed by atoms with Gasteiger partial charge in [-0.05, 0) is 107 Å². The van der Waals surface area contributed by atoms with E-state index in [1.165, 1.54) is 32.4 Å². The van der Waals surface area contributed by atoms with E-state index in [2.05, 4.69) is 30.8 Å². The van der Waals surface area contributed by atoms with Crippen molar-refractivity contribution in [3.8, 4) is 23.0 Å². The van der Waals surface area contributed by atoms with E-state index in [1.807, 2.05) is 0 Å². The standard InChI is InChI=1S/2C26H22ClN3O6S.Ca/c2*1-3-18-21(11-12-22(23(18)27)37(33,34)35)29-30-24-19-10-5-4-7-15(19)13-20(25(24)31)26(32)28-16-8-6-9-17(14-16)36-2;/h2*4-14,31H,3H2,1-2H3,(H,28,32)(H,33,34,35);/q;;+2/p-2. The molecule has 8 aromatic carbocycles. The maximum Gasteiger partial charge on any atom is 2.00 e. The van der Waals surface area contributed by atoms with Crippen molar-refractivity contribution in [1.82, 2.24) is 0 Å². The Bertz CT molecular complexity index is 3830. The van der Waals surface area contributed by atoms with Gasteiger partial charge in [-0.2, -0.15) is 32.2 Å². The fourth-order valence-corrected chi connectivity index (χ4v) is 9.91. The summed E-state index contributed by atoms with van der Waals surface area (Å²) >= 11 is 12.4. The summed E-state index contributed by atoms with van der Waals surface area (Å²) in [6.45, 7) is 3.46. The summed E-state index contributed by atoms with van der Waals surface area (Å²) < 4.78 is 75.6. The molecular formula is C52H42CaCl2N6O12S2. The second-order valence-corrected chi connectivity index (χ2v) is 19.3. The number of benzene rings is 8. The Morgan fingerprint density at radius 3 is 1.63 bits per heavy atom. The third-order valence-corrected chi connectivity index (χ3v) is 14.1. The van der Waals surface area contributed by atoms with E-state index < -0.39 is 47.6 Å². The van der Waals surface area contributed by atoms with Crippen molar-refractivity contribution in [1.29, 1.82) is 0 Å². The number of phenolic OH excluding ortho intramolecular Hbond substituents is 1. The van der Waals surface area contributed by atoms with Gasteiger partial charge in [-0.1, -0.05) is 103 Å². The molecule has 0 heterocycles. The van der Waals surface area contributed by atoms with Crippen LogP contribution in [0.25, 0.3) is 21.5 Å². The van der Waals surface area contributed by atoms with E-state index in [0.717, 1.165) is 12.1 Å². The first kappa shape index (κ1) is 57.6. The number of amides is 1. The molecule has 1 amide bonds. The van der Waals surface area contributed by atoms with E-state index in [4.69, 9.17) is 32.7 Å². The summed E-state index contributed by atoms with van der Waals surface area (Å²) in [6.07, 6.45) is 0.575. The molecule has 0 fully saturated rings. The first-order chi connectivity index (χ1) is 35.3. The van der Waals surface area contributed by atoms with E-state index >= 15 is 0 Å². The monoisotopic (exact) mass is 1120 g/mol. The molecule has 0 unspecified atom stereocenters. The fraction of sp³-hybridized carbons (Fsp3) is 0.115. The zero-order valence-electron chi connectivity index (χ0n) is 40.1. The van der Waals surface area contributed by atoms with Gasteiger partial charge in [0.2, 0.25) is 0 Å². The van der Waals surface area contributed by atoms with Gasteiger partial charge in [0, 0.05) is 28.6 Å². The Kier molecular flexibility index (Phi) is 19.0. The van der Waals surface area contributed by atoms with Crippen LogP contribution in [-0.4, -0.2) is 94.8 Å². The number of methoxy groups -OCH3 is 2. The van der Waals surface area contributed by atoms with Crippen LogP contribution in [0.1, 0.15) is 40.9 Å². The Hall–Kier alpha value is -6.72. The number of azo groups is 2. The topological polar surface area (TPSA) is 284 Å². The van der Waals surface area contributed by atoms with Crippen molar-refractivity contribution in [3.63, 3.8) is 0 Å². The molecule has 0 saturated carbocycles. The number of nitrogens with zero attached hydrogens (tertiary/aromatic N) is 5. The van der Waals surface area contributed by atoms with Crippen molar-refractivity contribution in [3.05, 3.63) is 166 Å². The molecule has 75 heavy (non-hydrogen) atoms. The number of phenols is 1. The number of halogens is 2. The molecule has 8 rings (SSSR count). The van der Waals surface area contributed by atoms with E-state index in [1.54, 1.807) is 117 Å². The van der Waals surface area contributed by atoms with Gasteiger partial charge in [0.05, 0.1) is 52.6 Å². The molecule has 4 N–H and O–H groups in total. The van der Waals surface area contributed by atoms with Crippen molar-refractivity contribution >= 4 is 149 Å². The number of fused-ring (bicyclic) bond motifs is 2. The molecule has 0 aliphatic rings. The maximum atomic E-state index is 13.4. The van der Waals surface area contributed by atoms with Gasteiger partial charge in [0.15, 0.2) is 5.75 Å². The van der Waals surface area contributed by atoms with Crippen molar-refractivity contribution in [2.24, 2.45) is 25.4 Å². The van der Waals surface area contributed by atoms with E-state index in [-0.39, 0.29) is 93.8 Å². The summed E-state index contributed by atoms with van der Waals surface area (Å²) in [6, 6.07) is 35.2. The van der Waals surface area contributed by atoms with Crippen LogP contribution in [0, 0.1) is 0 Å². The average molecular weight is 1120 g/mol. The third kappa shape index (κ3) is 13.2. The van der Waals surface area contributed by atoms with Gasteiger partial charge in [0.1, 0.15) is 27.0 Å². The number of hydrogen-bond donors (Lipinski definition) is 4. The van der Waals surface area contributed by atoms with Crippen LogP contribution < -0.4 is 25.0 Å². The van der Waals surface area contributed by atoms with Crippen LogP contribution in [0.4, 0.5) is 34.1 Å². The quantitative estimate of drug-likeness (QED) is 0.0260. The molecule has 18 nitrogen and oxygen atoms in total. The van der Waals surface area contributed by atoms with Crippen molar-refractivity contribution in [2.45, 2.75) is 36.5 Å². The smallest absolute Gasteiger partial charge is 0.871 e. The minimum absolute atomic E-state index is 0. The number of ether oxygens (including phenoxy) is 2. The van der Waals surface area contributed by atoms with Gasteiger partial charge < -0.3 is 30.1 Å². The summed E-state index contributed by atoms with van der Waals surface area (Å²) in [4.78, 5) is 16.3. The largest absolute Gasteiger partial charge is 2.00 e. The minimum atomic E-state index is -4.54. The van der Waals surface area contributed by atoms with Gasteiger partial charge in [-0.25, -0.2) is 0 Å². The summed E-state index contributed by atoms with van der Waals surface area (Å²) in [7, 11) is -6.06. The number of rotatable bonds is 14. The SMILES string of the molecule is CCc1c(N=Nc2c(O)c(C(=O)Nc3cccc(OC)c3)cc3ccccc23)ccc(S(=O)(=O)O)c1Cl.CCc1c(N=Nc2c([O-])c(C([O-])=Nc3cccc(OC)c3)cc3ccccc23)ccc(S(=O)(=O)O)c1Cl.[Ca+2]. The Balaban J connectivity index is 0.000000241. The molecule has 380 valence electrons. The first-order valence-electron chi connectivity index (χ1n) is 22.0. The normalized spacial score (nSPS) is 11.9. The van der Waals surface area contributed by atoms with Crippen LogP contribution in [0.15, 0.2) is 169 Å². The molecule has 23 heteroatoms. The van der Waals surface area contributed by atoms with Crippen LogP contribution in [-0.2, 0) is 33.1 Å². The van der Waals surface area contributed by atoms with Crippen LogP contribution in [0.2, 0.25) is 10.0 Å². The van der Waals surface area contributed by atoms with Crippen molar-refractivity contribution < 1.29 is 55.5 Å². The molecule has 0 saturated heterocycles. The molecule has 0 aromatic heterocycles. The number of nitrogens with one attached hydrogen (secondary N) is 1. The zero-order chi connectivity index (χ0) is 53.5. The number of carbonyl (C=O) groups excluding carboxylic acids is 1. The van der Waals surface area contributed by atoms with Crippen LogP contribution in [0.5, 0.6) is 23.0 Å². The number of carbonyl (C=O) groups is 1. The van der Waals surface area contributed by atoms with Gasteiger partial charge >= 0.3 is 37.7 Å². The minimum Gasteiger partial charge on any atom is -0.871 e. The number of aromatic hydroxyl groups is 1. The van der Waals surface area contributed by atoms with E-state index in [9.17, 15) is 46.1 Å². The number of anilines is 1. The summed E-state index contributed by atoms with van der Waals surface area (Å²) in [5.74, 6) is -1.31. The maximum absolute atomic E-state index is 13.4. The Morgan fingerprint density at radius 1 is 0.627 bits per heavy atom. The first-order valence-corrected chi connectivity index (χ1v) is 25.7. The van der Waals surface area contributed by atoms with Gasteiger partial charge in [-0.15, -0.1) is 5.11 Å². The second-order valence-electron chi connectivity index (χ2n) is 15.8. The molecule has 0 aliphatic carbocycles. The molecule has 0 aliphatic heterocycles. The fourth-order valence-electron chi connectivity index (χ4n) is 7.56. The van der Waals surface area contributed by atoms with Crippen molar-refractivity contribution in [2.75, 3.05) is 19.5 Å². The van der Waals surface area contributed by atoms with Gasteiger partial charge in [-0.3, -0.25) is 18.9 Å². The molecular weight excluding hydrogens is 1080 g/mol. The molecule has 0 bridgehead atoms. The third-order valence-electron chi connectivity index (χ3n) is 11.2. The Morgan fingerprint density at radius 2 is 1.11 bits per heavy atom. The number of aliphatic imine (C=N–C) groups is 1. The Labute approximate surface area is 470 Å². The second kappa shape index (κ2) is 24.7. The molecule has 8 aromatic rings. The average Bonchev–Trinajstić information content (AvgIpc) is 3.37. The van der Waals surface area contributed by atoms with E-state index in [0.29, 0.717) is 62.0 Å². The predicted octanol–water partition coefficient (Wildman–Crippen LogP) is 11.5. The molecule has 0 radical (unpaired) electrons. The van der Waals surface area contributed by atoms with Crippen LogP contribution >= 0.6 is 23.2 Å². The van der Waals surface area contributed by atoms with Crippen LogP contribution in [0.3, 0.4) is 0 Å².